The van der Waals surface area contributed by atoms with Gasteiger partial charge in [-0.05, 0) is 39.7 Å². The number of halogens is 2. The molecule has 106 valence electrons. The van der Waals surface area contributed by atoms with Gasteiger partial charge in [0.15, 0.2) is 0 Å². The maximum atomic E-state index is 13.6. The molecule has 5 heteroatoms. The van der Waals surface area contributed by atoms with Crippen LogP contribution in [0.3, 0.4) is 0 Å². The lowest BCUT2D eigenvalue weighted by atomic mass is 10.1. The highest BCUT2D eigenvalue weighted by Gasteiger charge is 2.10. The lowest BCUT2D eigenvalue weighted by Crippen LogP contribution is -2.02. The summed E-state index contributed by atoms with van der Waals surface area (Å²) in [5.74, 6) is 0.539. The molecule has 21 heavy (non-hydrogen) atoms. The first-order valence-corrected chi connectivity index (χ1v) is 7.24. The minimum Gasteiger partial charge on any atom is -0.399 e. The van der Waals surface area contributed by atoms with Gasteiger partial charge in [-0.15, -0.1) is 0 Å². The largest absolute Gasteiger partial charge is 0.399 e. The number of imidazole rings is 1. The van der Waals surface area contributed by atoms with E-state index in [1.54, 1.807) is 12.3 Å². The van der Waals surface area contributed by atoms with E-state index >= 15 is 0 Å². The molecule has 0 saturated heterocycles. The van der Waals surface area contributed by atoms with Crippen LogP contribution in [0, 0.1) is 5.82 Å². The van der Waals surface area contributed by atoms with Crippen LogP contribution >= 0.6 is 15.9 Å². The lowest BCUT2D eigenvalue weighted by Gasteiger charge is -2.10. The average molecular weight is 346 g/mol. The summed E-state index contributed by atoms with van der Waals surface area (Å²) in [7, 11) is 0. The number of nitrogen functional groups attached to an aromatic ring is 1. The molecule has 0 radical (unpaired) electrons. The second kappa shape index (κ2) is 5.69. The van der Waals surface area contributed by atoms with Gasteiger partial charge in [-0.25, -0.2) is 9.37 Å². The molecule has 0 bridgehead atoms. The molecule has 3 rings (SSSR count). The van der Waals surface area contributed by atoms with E-state index < -0.39 is 0 Å². The van der Waals surface area contributed by atoms with Gasteiger partial charge in [-0.3, -0.25) is 0 Å². The summed E-state index contributed by atoms with van der Waals surface area (Å²) < 4.78 is 16.0. The van der Waals surface area contributed by atoms with E-state index in [2.05, 4.69) is 20.9 Å². The fourth-order valence-electron chi connectivity index (χ4n) is 2.23. The summed E-state index contributed by atoms with van der Waals surface area (Å²) in [5, 5.41) is 0. The molecule has 2 aromatic carbocycles. The maximum absolute atomic E-state index is 13.6. The van der Waals surface area contributed by atoms with Crippen LogP contribution in [0.15, 0.2) is 59.3 Å². The fraction of sp³-hybridized carbons (Fsp3) is 0.0625. The fourth-order valence-corrected chi connectivity index (χ4v) is 2.62. The van der Waals surface area contributed by atoms with Crippen molar-refractivity contribution in [1.29, 1.82) is 0 Å². The Kier molecular flexibility index (Phi) is 3.75. The molecule has 1 heterocycles. The molecule has 3 aromatic rings. The van der Waals surface area contributed by atoms with E-state index in [1.807, 2.05) is 41.1 Å². The molecule has 0 fully saturated rings. The van der Waals surface area contributed by atoms with Crippen LogP contribution < -0.4 is 5.73 Å². The topological polar surface area (TPSA) is 43.8 Å². The SMILES string of the molecule is Nc1cccc(-c2nccn2Cc2cccc(F)c2Br)c1. The zero-order chi connectivity index (χ0) is 14.8. The zero-order valence-corrected chi connectivity index (χ0v) is 12.7. The molecule has 1 aromatic heterocycles. The average Bonchev–Trinajstić information content (AvgIpc) is 2.92. The van der Waals surface area contributed by atoms with Crippen LogP contribution in [0.5, 0.6) is 0 Å². The van der Waals surface area contributed by atoms with Gasteiger partial charge in [0.1, 0.15) is 11.6 Å². The Hall–Kier alpha value is -2.14. The van der Waals surface area contributed by atoms with Crippen molar-refractivity contribution in [2.45, 2.75) is 6.54 Å². The Morgan fingerprint density at radius 1 is 1.19 bits per heavy atom. The van der Waals surface area contributed by atoms with Gasteiger partial charge >= 0.3 is 0 Å². The molecule has 0 aliphatic rings. The lowest BCUT2D eigenvalue weighted by molar-refractivity contribution is 0.616. The minimum atomic E-state index is -0.266. The molecule has 0 unspecified atom stereocenters. The Morgan fingerprint density at radius 2 is 2.00 bits per heavy atom. The number of anilines is 1. The number of hydrogen-bond donors (Lipinski definition) is 1. The zero-order valence-electron chi connectivity index (χ0n) is 11.1. The molecule has 0 aliphatic carbocycles. The Labute approximate surface area is 130 Å². The van der Waals surface area contributed by atoms with Crippen molar-refractivity contribution >= 4 is 21.6 Å². The Morgan fingerprint density at radius 3 is 2.81 bits per heavy atom. The first-order valence-electron chi connectivity index (χ1n) is 6.45. The highest BCUT2D eigenvalue weighted by molar-refractivity contribution is 9.10. The third-order valence-corrected chi connectivity index (χ3v) is 4.12. The molecule has 2 N–H and O–H groups in total. The summed E-state index contributed by atoms with van der Waals surface area (Å²) in [6, 6.07) is 12.6. The van der Waals surface area contributed by atoms with Crippen LogP contribution in [-0.4, -0.2) is 9.55 Å². The second-order valence-electron chi connectivity index (χ2n) is 4.72. The van der Waals surface area contributed by atoms with Crippen molar-refractivity contribution in [3.63, 3.8) is 0 Å². The van der Waals surface area contributed by atoms with Crippen molar-refractivity contribution < 1.29 is 4.39 Å². The van der Waals surface area contributed by atoms with Gasteiger partial charge in [-0.2, -0.15) is 0 Å². The molecule has 0 amide bonds. The number of nitrogens with two attached hydrogens (primary N) is 1. The van der Waals surface area contributed by atoms with E-state index in [4.69, 9.17) is 5.73 Å². The Bertz CT molecular complexity index is 783. The first-order chi connectivity index (χ1) is 10.1. The van der Waals surface area contributed by atoms with E-state index in [-0.39, 0.29) is 5.82 Å². The summed E-state index contributed by atoms with van der Waals surface area (Å²) in [6.07, 6.45) is 3.60. The van der Waals surface area contributed by atoms with Gasteiger partial charge in [0.25, 0.3) is 0 Å². The number of aromatic nitrogens is 2. The smallest absolute Gasteiger partial charge is 0.140 e. The van der Waals surface area contributed by atoms with E-state index in [1.165, 1.54) is 6.07 Å². The molecular weight excluding hydrogens is 333 g/mol. The van der Waals surface area contributed by atoms with Crippen molar-refractivity contribution in [2.75, 3.05) is 5.73 Å². The van der Waals surface area contributed by atoms with Crippen molar-refractivity contribution in [1.82, 2.24) is 9.55 Å². The normalized spacial score (nSPS) is 10.8. The predicted octanol–water partition coefficient (Wildman–Crippen LogP) is 4.08. The number of nitrogens with zero attached hydrogens (tertiary/aromatic N) is 2. The molecule has 0 atom stereocenters. The van der Waals surface area contributed by atoms with Crippen LogP contribution in [-0.2, 0) is 6.54 Å². The minimum absolute atomic E-state index is 0.266. The predicted molar refractivity (Wildman–Crippen MR) is 85.3 cm³/mol. The number of rotatable bonds is 3. The summed E-state index contributed by atoms with van der Waals surface area (Å²) in [5.41, 5.74) is 8.30. The summed E-state index contributed by atoms with van der Waals surface area (Å²) in [6.45, 7) is 0.530. The molecule has 0 aliphatic heterocycles. The van der Waals surface area contributed by atoms with Crippen LogP contribution in [0.4, 0.5) is 10.1 Å². The third kappa shape index (κ3) is 2.83. The molecule has 0 spiro atoms. The van der Waals surface area contributed by atoms with Crippen molar-refractivity contribution in [3.05, 3.63) is 70.7 Å². The van der Waals surface area contributed by atoms with Gasteiger partial charge < -0.3 is 10.3 Å². The summed E-state index contributed by atoms with van der Waals surface area (Å²) >= 11 is 3.29. The van der Waals surface area contributed by atoms with Crippen LogP contribution in [0.1, 0.15) is 5.56 Å². The standard InChI is InChI=1S/C16H13BrFN3/c17-15-12(4-2-6-14(15)18)10-21-8-7-20-16(21)11-3-1-5-13(19)9-11/h1-9H,10,19H2. The van der Waals surface area contributed by atoms with Gasteiger partial charge in [-0.1, -0.05) is 24.3 Å². The highest BCUT2D eigenvalue weighted by atomic mass is 79.9. The molecule has 0 saturated carbocycles. The van der Waals surface area contributed by atoms with E-state index in [0.29, 0.717) is 16.7 Å². The van der Waals surface area contributed by atoms with Crippen molar-refractivity contribution in [3.8, 4) is 11.4 Å². The molecule has 3 nitrogen and oxygen atoms in total. The summed E-state index contributed by atoms with van der Waals surface area (Å²) in [4.78, 5) is 4.37. The Balaban J connectivity index is 1.98. The van der Waals surface area contributed by atoms with E-state index in [0.717, 1.165) is 17.0 Å². The van der Waals surface area contributed by atoms with Crippen LogP contribution in [0.2, 0.25) is 0 Å². The second-order valence-corrected chi connectivity index (χ2v) is 5.51. The van der Waals surface area contributed by atoms with E-state index in [9.17, 15) is 4.39 Å². The monoisotopic (exact) mass is 345 g/mol. The molecular formula is C16H13BrFN3. The van der Waals surface area contributed by atoms with Gasteiger partial charge in [0.2, 0.25) is 0 Å². The number of benzene rings is 2. The third-order valence-electron chi connectivity index (χ3n) is 3.23. The maximum Gasteiger partial charge on any atom is 0.140 e. The highest BCUT2D eigenvalue weighted by Crippen LogP contribution is 2.24. The first kappa shape index (κ1) is 13.8. The quantitative estimate of drug-likeness (QED) is 0.726. The number of hydrogen-bond acceptors (Lipinski definition) is 2. The van der Waals surface area contributed by atoms with Gasteiger partial charge in [0.05, 0.1) is 11.0 Å². The van der Waals surface area contributed by atoms with Crippen LogP contribution in [0.25, 0.3) is 11.4 Å². The van der Waals surface area contributed by atoms with Crippen molar-refractivity contribution in [2.24, 2.45) is 0 Å². The van der Waals surface area contributed by atoms with Gasteiger partial charge in [0, 0.05) is 23.6 Å².